The molecular formula is C7H7N3O. The molecule has 2 heterocycles. The normalized spacial score (nSPS) is 21.2. The van der Waals surface area contributed by atoms with Crippen molar-refractivity contribution in [1.29, 1.82) is 5.26 Å². The Morgan fingerprint density at radius 3 is 3.27 bits per heavy atom. The van der Waals surface area contributed by atoms with Crippen LogP contribution in [0.15, 0.2) is 12.4 Å². The molecule has 11 heavy (non-hydrogen) atoms. The van der Waals surface area contributed by atoms with E-state index in [1.54, 1.807) is 17.1 Å². The third-order valence-corrected chi connectivity index (χ3v) is 1.56. The van der Waals surface area contributed by atoms with Crippen LogP contribution in [0.3, 0.4) is 0 Å². The summed E-state index contributed by atoms with van der Waals surface area (Å²) in [6.07, 6.45) is 3.60. The summed E-state index contributed by atoms with van der Waals surface area (Å²) in [5.74, 6) is 0. The second-order valence-electron chi connectivity index (χ2n) is 2.52. The molecule has 0 spiro atoms. The molecule has 1 aromatic rings. The Bertz CT molecular complexity index is 295. The van der Waals surface area contributed by atoms with E-state index in [4.69, 9.17) is 10.00 Å². The van der Waals surface area contributed by atoms with Crippen LogP contribution in [-0.4, -0.2) is 22.5 Å². The van der Waals surface area contributed by atoms with Crippen LogP contribution in [0.2, 0.25) is 0 Å². The van der Waals surface area contributed by atoms with Crippen LogP contribution in [0.4, 0.5) is 0 Å². The van der Waals surface area contributed by atoms with E-state index in [9.17, 15) is 0 Å². The minimum Gasteiger partial charge on any atom is -0.371 e. The lowest BCUT2D eigenvalue weighted by atomic mass is 10.4. The summed E-state index contributed by atoms with van der Waals surface area (Å²) in [6.45, 7) is 1.59. The monoisotopic (exact) mass is 149 g/mol. The van der Waals surface area contributed by atoms with E-state index in [2.05, 4.69) is 5.10 Å². The Hall–Kier alpha value is -1.34. The van der Waals surface area contributed by atoms with Crippen molar-refractivity contribution in [3.05, 3.63) is 18.0 Å². The second kappa shape index (κ2) is 2.36. The first-order valence-corrected chi connectivity index (χ1v) is 3.42. The van der Waals surface area contributed by atoms with Gasteiger partial charge in [0.05, 0.1) is 24.9 Å². The molecule has 0 amide bonds. The van der Waals surface area contributed by atoms with Gasteiger partial charge in [0.1, 0.15) is 12.2 Å². The van der Waals surface area contributed by atoms with Gasteiger partial charge in [-0.25, -0.2) is 0 Å². The fourth-order valence-corrected chi connectivity index (χ4v) is 0.903. The average molecular weight is 149 g/mol. The molecule has 4 heteroatoms. The van der Waals surface area contributed by atoms with E-state index in [0.29, 0.717) is 11.7 Å². The van der Waals surface area contributed by atoms with Gasteiger partial charge in [-0.05, 0) is 0 Å². The van der Waals surface area contributed by atoms with E-state index in [1.807, 2.05) is 6.07 Å². The Labute approximate surface area is 64.0 Å². The number of hydrogen-bond acceptors (Lipinski definition) is 3. The van der Waals surface area contributed by atoms with Crippen LogP contribution in [0.5, 0.6) is 0 Å². The SMILES string of the molecule is N#Cc1cnn(CC2CO2)c1. The summed E-state index contributed by atoms with van der Waals surface area (Å²) in [4.78, 5) is 0. The zero-order chi connectivity index (χ0) is 7.68. The van der Waals surface area contributed by atoms with Gasteiger partial charge in [-0.15, -0.1) is 0 Å². The lowest BCUT2D eigenvalue weighted by Gasteiger charge is -1.93. The van der Waals surface area contributed by atoms with Gasteiger partial charge in [-0.1, -0.05) is 0 Å². The Morgan fingerprint density at radius 2 is 2.73 bits per heavy atom. The molecule has 1 aliphatic rings. The predicted octanol–water partition coefficient (Wildman–Crippen LogP) is 0.154. The lowest BCUT2D eigenvalue weighted by molar-refractivity contribution is 0.373. The highest BCUT2D eigenvalue weighted by Crippen LogP contribution is 2.11. The van der Waals surface area contributed by atoms with Gasteiger partial charge >= 0.3 is 0 Å². The van der Waals surface area contributed by atoms with E-state index in [1.165, 1.54) is 0 Å². The molecule has 0 aliphatic carbocycles. The summed E-state index contributed by atoms with van der Waals surface area (Å²) >= 11 is 0. The Morgan fingerprint density at radius 1 is 1.91 bits per heavy atom. The molecule has 0 radical (unpaired) electrons. The maximum atomic E-state index is 8.47. The lowest BCUT2D eigenvalue weighted by Crippen LogP contribution is -2.03. The summed E-state index contributed by atoms with van der Waals surface area (Å²) in [7, 11) is 0. The molecule has 1 atom stereocenters. The highest BCUT2D eigenvalue weighted by Gasteiger charge is 2.22. The predicted molar refractivity (Wildman–Crippen MR) is 36.7 cm³/mol. The minimum absolute atomic E-state index is 0.321. The molecule has 1 fully saturated rings. The molecule has 0 saturated carbocycles. The number of rotatable bonds is 2. The number of ether oxygens (including phenoxy) is 1. The fraction of sp³-hybridized carbons (Fsp3) is 0.429. The molecule has 0 bridgehead atoms. The molecular weight excluding hydrogens is 142 g/mol. The van der Waals surface area contributed by atoms with Crippen LogP contribution in [0.1, 0.15) is 5.56 Å². The zero-order valence-corrected chi connectivity index (χ0v) is 5.90. The Kier molecular flexibility index (Phi) is 1.37. The van der Waals surface area contributed by atoms with E-state index in [-0.39, 0.29) is 0 Å². The molecule has 0 N–H and O–H groups in total. The average Bonchev–Trinajstić information content (AvgIpc) is 2.68. The van der Waals surface area contributed by atoms with Gasteiger partial charge in [0.2, 0.25) is 0 Å². The van der Waals surface area contributed by atoms with Crippen molar-refractivity contribution in [3.63, 3.8) is 0 Å². The van der Waals surface area contributed by atoms with Crippen LogP contribution < -0.4 is 0 Å². The molecule has 1 aromatic heterocycles. The van der Waals surface area contributed by atoms with Gasteiger partial charge < -0.3 is 4.74 Å². The molecule has 2 rings (SSSR count). The first-order valence-electron chi connectivity index (χ1n) is 3.42. The zero-order valence-electron chi connectivity index (χ0n) is 5.90. The molecule has 0 aromatic carbocycles. The van der Waals surface area contributed by atoms with Gasteiger partial charge in [0.25, 0.3) is 0 Å². The maximum absolute atomic E-state index is 8.47. The smallest absolute Gasteiger partial charge is 0.102 e. The van der Waals surface area contributed by atoms with E-state index >= 15 is 0 Å². The number of nitrogens with zero attached hydrogens (tertiary/aromatic N) is 3. The topological polar surface area (TPSA) is 54.1 Å². The summed E-state index contributed by atoms with van der Waals surface area (Å²) in [6, 6.07) is 2.02. The van der Waals surface area contributed by atoms with Crippen LogP contribution >= 0.6 is 0 Å². The third kappa shape index (κ3) is 1.38. The van der Waals surface area contributed by atoms with Crippen molar-refractivity contribution >= 4 is 0 Å². The van der Waals surface area contributed by atoms with Crippen molar-refractivity contribution < 1.29 is 4.74 Å². The van der Waals surface area contributed by atoms with Crippen molar-refractivity contribution in [2.45, 2.75) is 12.6 Å². The summed E-state index contributed by atoms with van der Waals surface area (Å²) in [5, 5.41) is 12.4. The standard InChI is InChI=1S/C7H7N3O/c8-1-6-2-9-10(3-6)4-7-5-11-7/h2-3,7H,4-5H2. The third-order valence-electron chi connectivity index (χ3n) is 1.56. The molecule has 1 saturated heterocycles. The van der Waals surface area contributed by atoms with Crippen molar-refractivity contribution in [1.82, 2.24) is 9.78 Å². The van der Waals surface area contributed by atoms with Crippen LogP contribution in [-0.2, 0) is 11.3 Å². The van der Waals surface area contributed by atoms with Crippen molar-refractivity contribution in [3.8, 4) is 6.07 Å². The highest BCUT2D eigenvalue weighted by molar-refractivity contribution is 5.21. The highest BCUT2D eigenvalue weighted by atomic mass is 16.6. The summed E-state index contributed by atoms with van der Waals surface area (Å²) < 4.78 is 6.74. The van der Waals surface area contributed by atoms with Crippen LogP contribution in [0.25, 0.3) is 0 Å². The fourth-order valence-electron chi connectivity index (χ4n) is 0.903. The second-order valence-corrected chi connectivity index (χ2v) is 2.52. The number of nitriles is 1. The number of hydrogen-bond donors (Lipinski definition) is 0. The van der Waals surface area contributed by atoms with Gasteiger partial charge in [-0.3, -0.25) is 4.68 Å². The van der Waals surface area contributed by atoms with Crippen LogP contribution in [0, 0.1) is 11.3 Å². The molecule has 1 aliphatic heterocycles. The van der Waals surface area contributed by atoms with Gasteiger partial charge in [0.15, 0.2) is 0 Å². The van der Waals surface area contributed by atoms with Crippen molar-refractivity contribution in [2.24, 2.45) is 0 Å². The number of epoxide rings is 1. The largest absolute Gasteiger partial charge is 0.371 e. The first-order chi connectivity index (χ1) is 5.38. The van der Waals surface area contributed by atoms with E-state index < -0.39 is 0 Å². The van der Waals surface area contributed by atoms with Crippen molar-refractivity contribution in [2.75, 3.05) is 6.61 Å². The van der Waals surface area contributed by atoms with Gasteiger partial charge in [-0.2, -0.15) is 10.4 Å². The first kappa shape index (κ1) is 6.38. The molecule has 1 unspecified atom stereocenters. The van der Waals surface area contributed by atoms with Gasteiger partial charge in [0, 0.05) is 6.20 Å². The minimum atomic E-state index is 0.321. The molecule has 56 valence electrons. The maximum Gasteiger partial charge on any atom is 0.102 e. The van der Waals surface area contributed by atoms with E-state index in [0.717, 1.165) is 13.2 Å². The Balaban J connectivity index is 2.07. The number of aromatic nitrogens is 2. The quantitative estimate of drug-likeness (QED) is 0.562. The summed E-state index contributed by atoms with van der Waals surface area (Å²) in [5.41, 5.74) is 0.602. The molecule has 4 nitrogen and oxygen atoms in total.